The number of aliphatic hydroxyl groups excluding tert-OH is 1. The van der Waals surface area contributed by atoms with Crippen LogP contribution in [0.4, 0.5) is 0 Å². The third kappa shape index (κ3) is 4.35. The van der Waals surface area contributed by atoms with Crippen LogP contribution in [0.5, 0.6) is 0 Å². The van der Waals surface area contributed by atoms with Gasteiger partial charge in [-0.1, -0.05) is 0 Å². The number of ether oxygens (including phenoxy) is 2. The number of thioether (sulfide) groups is 1. The first-order chi connectivity index (χ1) is 9.15. The van der Waals surface area contributed by atoms with Crippen molar-refractivity contribution in [2.24, 2.45) is 5.92 Å². The first-order valence-electron chi connectivity index (χ1n) is 7.58. The fourth-order valence-corrected chi connectivity index (χ4v) is 4.48. The van der Waals surface area contributed by atoms with Crippen molar-refractivity contribution >= 4 is 11.8 Å². The molecule has 2 saturated heterocycles. The molecule has 112 valence electrons. The Morgan fingerprint density at radius 1 is 1.37 bits per heavy atom. The van der Waals surface area contributed by atoms with Crippen LogP contribution in [0.3, 0.4) is 0 Å². The van der Waals surface area contributed by atoms with Crippen LogP contribution < -0.4 is 0 Å². The fraction of sp³-hybridized carbons (Fsp3) is 1.00. The molecule has 2 heterocycles. The van der Waals surface area contributed by atoms with Crippen molar-refractivity contribution in [3.05, 3.63) is 0 Å². The van der Waals surface area contributed by atoms with Crippen molar-refractivity contribution in [2.45, 2.75) is 63.3 Å². The van der Waals surface area contributed by atoms with Gasteiger partial charge in [0.2, 0.25) is 0 Å². The van der Waals surface area contributed by atoms with Gasteiger partial charge >= 0.3 is 0 Å². The molecule has 0 aromatic carbocycles. The molecule has 3 unspecified atom stereocenters. The number of hydrogen-bond donors (Lipinski definition) is 1. The summed E-state index contributed by atoms with van der Waals surface area (Å²) in [5.41, 5.74) is 0.0853. The summed E-state index contributed by atoms with van der Waals surface area (Å²) in [6, 6.07) is 0. The average Bonchev–Trinajstić information content (AvgIpc) is 2.45. The minimum absolute atomic E-state index is 0.0853. The van der Waals surface area contributed by atoms with E-state index in [9.17, 15) is 5.11 Å². The molecule has 0 radical (unpaired) electrons. The van der Waals surface area contributed by atoms with Crippen LogP contribution in [0, 0.1) is 5.92 Å². The molecule has 4 heteroatoms. The molecule has 3 atom stereocenters. The second-order valence-electron chi connectivity index (χ2n) is 6.09. The van der Waals surface area contributed by atoms with Gasteiger partial charge < -0.3 is 14.6 Å². The highest BCUT2D eigenvalue weighted by Gasteiger charge is 2.40. The van der Waals surface area contributed by atoms with Crippen LogP contribution in [0.25, 0.3) is 0 Å². The summed E-state index contributed by atoms with van der Waals surface area (Å²) in [6.45, 7) is 2.89. The Hall–Kier alpha value is 0.230. The molecule has 2 rings (SSSR count). The summed E-state index contributed by atoms with van der Waals surface area (Å²) < 4.78 is 11.3. The highest BCUT2D eigenvalue weighted by molar-refractivity contribution is 7.99. The fourth-order valence-electron chi connectivity index (χ4n) is 3.24. The lowest BCUT2D eigenvalue weighted by atomic mass is 9.78. The van der Waals surface area contributed by atoms with Crippen molar-refractivity contribution in [3.8, 4) is 0 Å². The third-order valence-electron chi connectivity index (χ3n) is 4.75. The van der Waals surface area contributed by atoms with E-state index in [2.05, 4.69) is 6.92 Å². The topological polar surface area (TPSA) is 38.7 Å². The van der Waals surface area contributed by atoms with E-state index >= 15 is 0 Å². The Morgan fingerprint density at radius 2 is 2.11 bits per heavy atom. The van der Waals surface area contributed by atoms with E-state index in [4.69, 9.17) is 9.47 Å². The predicted octanol–water partition coefficient (Wildman–Crippen LogP) is 2.85. The molecule has 2 fully saturated rings. The summed E-state index contributed by atoms with van der Waals surface area (Å²) in [5.74, 6) is 2.84. The minimum atomic E-state index is -0.187. The van der Waals surface area contributed by atoms with Gasteiger partial charge in [-0.2, -0.15) is 11.8 Å². The second kappa shape index (κ2) is 7.30. The normalized spacial score (nSPS) is 30.2. The average molecular weight is 288 g/mol. The van der Waals surface area contributed by atoms with Gasteiger partial charge in [0, 0.05) is 13.7 Å². The number of methoxy groups -OCH3 is 1. The molecule has 0 aromatic rings. The molecule has 0 aromatic heterocycles. The zero-order valence-electron chi connectivity index (χ0n) is 12.3. The van der Waals surface area contributed by atoms with Crippen molar-refractivity contribution in [3.63, 3.8) is 0 Å². The van der Waals surface area contributed by atoms with Crippen molar-refractivity contribution < 1.29 is 14.6 Å². The number of hydrogen-bond acceptors (Lipinski definition) is 4. The highest BCUT2D eigenvalue weighted by atomic mass is 32.2. The smallest absolute Gasteiger partial charge is 0.0701 e. The van der Waals surface area contributed by atoms with E-state index in [-0.39, 0.29) is 17.8 Å². The molecule has 19 heavy (non-hydrogen) atoms. The lowest BCUT2D eigenvalue weighted by Crippen LogP contribution is -2.45. The molecule has 0 bridgehead atoms. The van der Waals surface area contributed by atoms with Gasteiger partial charge in [-0.15, -0.1) is 0 Å². The number of rotatable bonds is 5. The maximum Gasteiger partial charge on any atom is 0.0701 e. The van der Waals surface area contributed by atoms with Crippen LogP contribution in [-0.2, 0) is 9.47 Å². The SMILES string of the molecule is COC(C)CCC(O)C1CCOC2(CCSCC2)C1. The van der Waals surface area contributed by atoms with Crippen molar-refractivity contribution in [2.75, 3.05) is 25.2 Å². The Labute approximate surface area is 121 Å². The number of aliphatic hydroxyl groups is 1. The molecule has 2 aliphatic heterocycles. The molecule has 3 nitrogen and oxygen atoms in total. The summed E-state index contributed by atoms with van der Waals surface area (Å²) in [6.07, 6.45) is 6.24. The van der Waals surface area contributed by atoms with E-state index in [1.54, 1.807) is 7.11 Å². The van der Waals surface area contributed by atoms with Gasteiger partial charge in [-0.3, -0.25) is 0 Å². The lowest BCUT2D eigenvalue weighted by molar-refractivity contribution is -0.122. The predicted molar refractivity (Wildman–Crippen MR) is 79.7 cm³/mol. The van der Waals surface area contributed by atoms with E-state index in [0.717, 1.165) is 45.1 Å². The van der Waals surface area contributed by atoms with Gasteiger partial charge in [-0.25, -0.2) is 0 Å². The first-order valence-corrected chi connectivity index (χ1v) is 8.73. The summed E-state index contributed by atoms with van der Waals surface area (Å²) in [7, 11) is 1.74. The first kappa shape index (κ1) is 15.6. The standard InChI is InChI=1S/C15H28O3S/c1-12(17-2)3-4-14(16)13-5-8-18-15(11-13)6-9-19-10-7-15/h12-14,16H,3-11H2,1-2H3. The zero-order chi connectivity index (χ0) is 13.7. The van der Waals surface area contributed by atoms with Crippen LogP contribution in [-0.4, -0.2) is 48.1 Å². The van der Waals surface area contributed by atoms with Gasteiger partial charge in [0.25, 0.3) is 0 Å². The molecule has 2 aliphatic rings. The Balaban J connectivity index is 1.82. The van der Waals surface area contributed by atoms with Gasteiger partial charge in [-0.05, 0) is 62.9 Å². The van der Waals surface area contributed by atoms with E-state index in [1.807, 2.05) is 11.8 Å². The Bertz CT molecular complexity index is 261. The van der Waals surface area contributed by atoms with E-state index < -0.39 is 0 Å². The Kier molecular flexibility index (Phi) is 6.00. The summed E-state index contributed by atoms with van der Waals surface area (Å²) in [4.78, 5) is 0. The zero-order valence-corrected chi connectivity index (χ0v) is 13.1. The maximum atomic E-state index is 10.4. The van der Waals surface area contributed by atoms with Crippen molar-refractivity contribution in [1.29, 1.82) is 0 Å². The lowest BCUT2D eigenvalue weighted by Gasteiger charge is -2.44. The van der Waals surface area contributed by atoms with Gasteiger partial charge in [0.1, 0.15) is 0 Å². The van der Waals surface area contributed by atoms with Crippen LogP contribution in [0.1, 0.15) is 45.4 Å². The molecular weight excluding hydrogens is 260 g/mol. The minimum Gasteiger partial charge on any atom is -0.393 e. The van der Waals surface area contributed by atoms with Crippen LogP contribution in [0.15, 0.2) is 0 Å². The maximum absolute atomic E-state index is 10.4. The third-order valence-corrected chi connectivity index (χ3v) is 5.74. The van der Waals surface area contributed by atoms with Gasteiger partial charge in [0.15, 0.2) is 0 Å². The molecule has 1 spiro atoms. The van der Waals surface area contributed by atoms with E-state index in [1.165, 1.54) is 11.5 Å². The monoisotopic (exact) mass is 288 g/mol. The Morgan fingerprint density at radius 3 is 2.79 bits per heavy atom. The molecule has 0 aliphatic carbocycles. The molecular formula is C15H28O3S. The van der Waals surface area contributed by atoms with E-state index in [0.29, 0.717) is 5.92 Å². The van der Waals surface area contributed by atoms with Crippen LogP contribution >= 0.6 is 11.8 Å². The van der Waals surface area contributed by atoms with Crippen molar-refractivity contribution in [1.82, 2.24) is 0 Å². The molecule has 1 N–H and O–H groups in total. The quantitative estimate of drug-likeness (QED) is 0.844. The summed E-state index contributed by atoms with van der Waals surface area (Å²) in [5, 5.41) is 10.4. The molecule has 0 saturated carbocycles. The second-order valence-corrected chi connectivity index (χ2v) is 7.31. The van der Waals surface area contributed by atoms with Crippen LogP contribution in [0.2, 0.25) is 0 Å². The largest absolute Gasteiger partial charge is 0.393 e. The highest BCUT2D eigenvalue weighted by Crippen LogP contribution is 2.41. The summed E-state index contributed by atoms with van der Waals surface area (Å²) >= 11 is 2.03. The molecule has 0 amide bonds. The van der Waals surface area contributed by atoms with Gasteiger partial charge in [0.05, 0.1) is 17.8 Å².